The zero-order chi connectivity index (χ0) is 18.6. The van der Waals surface area contributed by atoms with E-state index in [4.69, 9.17) is 11.1 Å². The van der Waals surface area contributed by atoms with Gasteiger partial charge in [0.05, 0.1) is 17.1 Å². The second kappa shape index (κ2) is 6.07. The molecule has 1 spiro atoms. The number of aryl methyl sites for hydroxylation is 1. The van der Waals surface area contributed by atoms with E-state index < -0.39 is 5.60 Å². The molecule has 27 heavy (non-hydrogen) atoms. The summed E-state index contributed by atoms with van der Waals surface area (Å²) in [6.45, 7) is 6.71. The van der Waals surface area contributed by atoms with Crippen LogP contribution in [0.25, 0.3) is 10.2 Å². The van der Waals surface area contributed by atoms with Crippen LogP contribution in [-0.2, 0) is 48.1 Å². The summed E-state index contributed by atoms with van der Waals surface area (Å²) in [6, 6.07) is 4.43. The number of nitrogens with zero attached hydrogens (tertiary/aromatic N) is 1. The summed E-state index contributed by atoms with van der Waals surface area (Å²) in [6.07, 6.45) is 7.63. The number of hydrogen-bond acceptors (Lipinski definition) is 4. The molecule has 2 aromatic rings. The van der Waals surface area contributed by atoms with Crippen molar-refractivity contribution in [1.82, 2.24) is 4.98 Å². The van der Waals surface area contributed by atoms with Crippen LogP contribution in [0.3, 0.4) is 0 Å². The van der Waals surface area contributed by atoms with Gasteiger partial charge in [0, 0.05) is 32.7 Å². The van der Waals surface area contributed by atoms with Crippen molar-refractivity contribution in [3.05, 3.63) is 34.7 Å². The number of rotatable bonds is 2. The molecule has 1 aliphatic heterocycles. The van der Waals surface area contributed by atoms with E-state index in [9.17, 15) is 0 Å². The molecule has 5 fully saturated rings. The molecule has 3 unspecified atom stereocenters. The molecule has 3 atom stereocenters. The van der Waals surface area contributed by atoms with E-state index >= 15 is 0 Å². The predicted octanol–water partition coefficient (Wildman–Crippen LogP) is 5.71. The standard InChI is InChI=1S/C22H26NO2S.Y/c1-4-21-9-14-6-16(10-21)22(17(7-14)11-21)20(3,24-25-22)15-5-13(2)19-18(8-15)26-12-23-19;/h5,8,12,16-17H,4,6-7,9-11H2,1-3H3;/q-1;/i12T;. The van der Waals surface area contributed by atoms with Gasteiger partial charge in [0.25, 0.3) is 0 Å². The molecule has 0 N–H and O–H groups in total. The van der Waals surface area contributed by atoms with Gasteiger partial charge < -0.3 is 5.92 Å². The topological polar surface area (TPSA) is 31.4 Å². The number of aromatic nitrogens is 1. The van der Waals surface area contributed by atoms with Gasteiger partial charge in [-0.1, -0.05) is 24.8 Å². The van der Waals surface area contributed by atoms with Crippen molar-refractivity contribution >= 4 is 21.6 Å². The Bertz CT molecular complexity index is 945. The predicted molar refractivity (Wildman–Crippen MR) is 103 cm³/mol. The molecule has 3 nitrogen and oxygen atoms in total. The first-order valence-electron chi connectivity index (χ1n) is 10.5. The third-order valence-corrected chi connectivity index (χ3v) is 8.95. The Balaban J connectivity index is 0.00000171. The van der Waals surface area contributed by atoms with E-state index in [-0.39, 0.29) is 38.3 Å². The second-order valence-corrected chi connectivity index (χ2v) is 10.3. The molecule has 1 aromatic carbocycles. The zero-order valence-corrected chi connectivity index (χ0v) is 20.0. The minimum absolute atomic E-state index is 0. The summed E-state index contributed by atoms with van der Waals surface area (Å²) >= 11 is 1.45. The van der Waals surface area contributed by atoms with Crippen LogP contribution in [0.5, 0.6) is 0 Å². The van der Waals surface area contributed by atoms with Crippen LogP contribution in [0.2, 0.25) is 0 Å². The van der Waals surface area contributed by atoms with Gasteiger partial charge in [-0.15, -0.1) is 11.3 Å². The van der Waals surface area contributed by atoms with Crippen LogP contribution in [-0.4, -0.2) is 10.6 Å². The van der Waals surface area contributed by atoms with Gasteiger partial charge in [0.2, 0.25) is 0 Å². The zero-order valence-electron chi connectivity index (χ0n) is 17.3. The van der Waals surface area contributed by atoms with Crippen LogP contribution >= 0.6 is 11.3 Å². The molecule has 1 radical (unpaired) electrons. The van der Waals surface area contributed by atoms with Crippen molar-refractivity contribution in [3.63, 3.8) is 0 Å². The number of benzene rings is 1. The molecular weight excluding hydrogens is 431 g/mol. The van der Waals surface area contributed by atoms with Crippen LogP contribution in [0.4, 0.5) is 0 Å². The molecule has 5 aliphatic rings. The molecule has 4 aliphatic carbocycles. The summed E-state index contributed by atoms with van der Waals surface area (Å²) in [5.74, 6) is 2.91. The molecule has 141 valence electrons. The van der Waals surface area contributed by atoms with Gasteiger partial charge in [-0.2, -0.15) is 19.3 Å². The Morgan fingerprint density at radius 3 is 2.67 bits per heavy atom. The Labute approximate surface area is 191 Å². The maximum absolute atomic E-state index is 7.92. The van der Waals surface area contributed by atoms with E-state index in [1.165, 1.54) is 55.4 Å². The SMILES string of the molecule is [3H]c1nc2c(C)cc(C3(C)OOC34C3C[C-]5CC4CC(CC)(C5)C3)cc2s1.[Y]. The largest absolute Gasteiger partial charge is 0.312 e. The number of thiazole rings is 1. The van der Waals surface area contributed by atoms with Crippen molar-refractivity contribution in [2.45, 2.75) is 70.5 Å². The Morgan fingerprint density at radius 2 is 2.04 bits per heavy atom. The van der Waals surface area contributed by atoms with Gasteiger partial charge in [0.1, 0.15) is 5.60 Å². The van der Waals surface area contributed by atoms with E-state index in [1.54, 1.807) is 5.92 Å². The van der Waals surface area contributed by atoms with E-state index in [1.807, 2.05) is 0 Å². The molecule has 5 heteroatoms. The average molecular weight is 459 g/mol. The minimum Gasteiger partial charge on any atom is -0.312 e. The summed E-state index contributed by atoms with van der Waals surface area (Å²) in [5, 5.41) is 0. The fraction of sp³-hybridized carbons (Fsp3) is 0.636. The first-order valence-corrected chi connectivity index (χ1v) is 10.8. The number of hydrogen-bond donors (Lipinski definition) is 0. The summed E-state index contributed by atoms with van der Waals surface area (Å²) in [7, 11) is 0. The summed E-state index contributed by atoms with van der Waals surface area (Å²) in [4.78, 5) is 16.5. The van der Waals surface area contributed by atoms with Crippen molar-refractivity contribution in [1.29, 1.82) is 0 Å². The molecule has 1 aromatic heterocycles. The quantitative estimate of drug-likeness (QED) is 0.426. The molecular formula is C22H26NO2SY-. The normalized spacial score (nSPS) is 43.0. The van der Waals surface area contributed by atoms with Crippen LogP contribution in [0.1, 0.15) is 64.9 Å². The van der Waals surface area contributed by atoms with Crippen LogP contribution in [0.15, 0.2) is 17.6 Å². The van der Waals surface area contributed by atoms with Gasteiger partial charge in [0.15, 0.2) is 5.60 Å². The average Bonchev–Trinajstić information content (AvgIpc) is 3.00. The minimum atomic E-state index is -0.407. The Hall–Kier alpha value is 0.134. The fourth-order valence-electron chi connectivity index (χ4n) is 7.04. The van der Waals surface area contributed by atoms with Crippen molar-refractivity contribution in [2.24, 2.45) is 17.3 Å². The van der Waals surface area contributed by atoms with Crippen molar-refractivity contribution in [3.8, 4) is 0 Å². The smallest absolute Gasteiger partial charge is 0.158 e. The molecule has 7 rings (SSSR count). The second-order valence-electron chi connectivity index (χ2n) is 9.43. The Kier molecular flexibility index (Phi) is 4.04. The van der Waals surface area contributed by atoms with Crippen LogP contribution < -0.4 is 0 Å². The van der Waals surface area contributed by atoms with Gasteiger partial charge in [-0.3, -0.25) is 0 Å². The molecule has 4 bridgehead atoms. The molecule has 4 saturated carbocycles. The van der Waals surface area contributed by atoms with Gasteiger partial charge >= 0.3 is 0 Å². The van der Waals surface area contributed by atoms with E-state index in [2.05, 4.69) is 37.9 Å². The first kappa shape index (κ1) is 17.9. The summed E-state index contributed by atoms with van der Waals surface area (Å²) < 4.78 is 9.00. The molecule has 0 amide bonds. The maximum Gasteiger partial charge on any atom is 0.158 e. The molecule has 1 saturated heterocycles. The fourth-order valence-corrected chi connectivity index (χ4v) is 7.76. The van der Waals surface area contributed by atoms with Gasteiger partial charge in [-0.05, 0) is 55.7 Å². The summed E-state index contributed by atoms with van der Waals surface area (Å²) in [5.41, 5.74) is 3.59. The number of fused-ring (bicyclic) bond motifs is 1. The van der Waals surface area contributed by atoms with Crippen molar-refractivity contribution in [2.75, 3.05) is 0 Å². The third-order valence-electron chi connectivity index (χ3n) is 8.24. The van der Waals surface area contributed by atoms with Gasteiger partial charge in [-0.25, -0.2) is 14.8 Å². The van der Waals surface area contributed by atoms with Crippen molar-refractivity contribution < 1.29 is 43.9 Å². The maximum atomic E-state index is 7.92. The first-order chi connectivity index (χ1) is 12.9. The van der Waals surface area contributed by atoms with E-state index in [0.717, 1.165) is 15.8 Å². The van der Waals surface area contributed by atoms with Crippen LogP contribution in [0, 0.1) is 30.1 Å². The Morgan fingerprint density at radius 1 is 1.30 bits per heavy atom. The van der Waals surface area contributed by atoms with E-state index in [0.29, 0.717) is 22.7 Å². The molecule has 2 heterocycles. The monoisotopic (exact) mass is 459 g/mol. The third kappa shape index (κ3) is 2.26.